The van der Waals surface area contributed by atoms with E-state index in [9.17, 15) is 4.79 Å². The molecule has 20 heavy (non-hydrogen) atoms. The van der Waals surface area contributed by atoms with E-state index in [0.717, 1.165) is 5.56 Å². The van der Waals surface area contributed by atoms with Crippen LogP contribution in [0.15, 0.2) is 28.8 Å². The highest BCUT2D eigenvalue weighted by molar-refractivity contribution is 5.87. The van der Waals surface area contributed by atoms with Crippen LogP contribution in [0.3, 0.4) is 0 Å². The van der Waals surface area contributed by atoms with Crippen molar-refractivity contribution in [3.05, 3.63) is 41.2 Å². The van der Waals surface area contributed by atoms with Gasteiger partial charge in [0.15, 0.2) is 5.82 Å². The molecular formula is C14H16N2O4. The normalized spacial score (nSPS) is 11.3. The second-order valence-corrected chi connectivity index (χ2v) is 5.43. The van der Waals surface area contributed by atoms with Gasteiger partial charge in [-0.2, -0.15) is 4.98 Å². The molecule has 0 radical (unpaired) electrons. The molecule has 6 nitrogen and oxygen atoms in total. The SMILES string of the molecule is CC(C)(C)c1noc(OCc2cccc(C(=O)O)c2)n1. The second kappa shape index (κ2) is 5.32. The predicted octanol–water partition coefficient (Wildman–Crippen LogP) is 2.64. The van der Waals surface area contributed by atoms with E-state index in [1.807, 2.05) is 20.8 Å². The number of carboxylic acids is 1. The van der Waals surface area contributed by atoms with Crippen LogP contribution in [0.1, 0.15) is 42.5 Å². The van der Waals surface area contributed by atoms with Crippen LogP contribution in [-0.2, 0) is 12.0 Å². The first-order valence-electron chi connectivity index (χ1n) is 6.15. The van der Waals surface area contributed by atoms with Gasteiger partial charge in [0.2, 0.25) is 0 Å². The van der Waals surface area contributed by atoms with Crippen molar-refractivity contribution in [3.63, 3.8) is 0 Å². The van der Waals surface area contributed by atoms with Crippen LogP contribution < -0.4 is 4.74 Å². The highest BCUT2D eigenvalue weighted by Gasteiger charge is 2.21. The molecule has 0 amide bonds. The van der Waals surface area contributed by atoms with Gasteiger partial charge in [0.1, 0.15) is 6.61 Å². The molecule has 0 saturated heterocycles. The fourth-order valence-electron chi connectivity index (χ4n) is 1.51. The zero-order valence-corrected chi connectivity index (χ0v) is 11.6. The van der Waals surface area contributed by atoms with Gasteiger partial charge in [-0.1, -0.05) is 38.1 Å². The number of benzene rings is 1. The molecule has 0 spiro atoms. The van der Waals surface area contributed by atoms with Crippen molar-refractivity contribution >= 4 is 5.97 Å². The Morgan fingerprint density at radius 2 is 2.15 bits per heavy atom. The maximum absolute atomic E-state index is 10.9. The number of ether oxygens (including phenoxy) is 1. The van der Waals surface area contributed by atoms with Crippen LogP contribution in [-0.4, -0.2) is 21.2 Å². The summed E-state index contributed by atoms with van der Waals surface area (Å²) in [4.78, 5) is 15.0. The van der Waals surface area contributed by atoms with Crippen molar-refractivity contribution in [2.45, 2.75) is 32.8 Å². The Kier molecular flexibility index (Phi) is 3.74. The number of carboxylic acid groups (broad SMARTS) is 1. The second-order valence-electron chi connectivity index (χ2n) is 5.43. The summed E-state index contributed by atoms with van der Waals surface area (Å²) >= 11 is 0. The van der Waals surface area contributed by atoms with Crippen molar-refractivity contribution in [1.29, 1.82) is 0 Å². The molecule has 1 aromatic heterocycles. The summed E-state index contributed by atoms with van der Waals surface area (Å²) in [6.45, 7) is 6.08. The Labute approximate surface area is 116 Å². The monoisotopic (exact) mass is 276 g/mol. The minimum absolute atomic E-state index is 0.0793. The molecule has 0 unspecified atom stereocenters. The molecule has 0 aliphatic rings. The summed E-state index contributed by atoms with van der Waals surface area (Å²) in [5.41, 5.74) is 0.723. The zero-order chi connectivity index (χ0) is 14.8. The quantitative estimate of drug-likeness (QED) is 0.923. The Morgan fingerprint density at radius 3 is 2.75 bits per heavy atom. The van der Waals surface area contributed by atoms with Crippen LogP contribution >= 0.6 is 0 Å². The average molecular weight is 276 g/mol. The highest BCUT2D eigenvalue weighted by Crippen LogP contribution is 2.21. The van der Waals surface area contributed by atoms with E-state index in [2.05, 4.69) is 10.1 Å². The van der Waals surface area contributed by atoms with Crippen LogP contribution in [0.4, 0.5) is 0 Å². The van der Waals surface area contributed by atoms with Gasteiger partial charge in [0.25, 0.3) is 0 Å². The number of carbonyl (C=O) groups is 1. The molecule has 0 bridgehead atoms. The molecule has 1 aromatic carbocycles. The number of rotatable bonds is 4. The molecule has 106 valence electrons. The Balaban J connectivity index is 2.04. The number of hydrogen-bond donors (Lipinski definition) is 1. The lowest BCUT2D eigenvalue weighted by molar-refractivity contribution is 0.0696. The fraction of sp³-hybridized carbons (Fsp3) is 0.357. The van der Waals surface area contributed by atoms with Crippen LogP contribution in [0.25, 0.3) is 0 Å². The first kappa shape index (κ1) is 14.0. The number of hydrogen-bond acceptors (Lipinski definition) is 5. The van der Waals surface area contributed by atoms with E-state index in [1.54, 1.807) is 18.2 Å². The molecule has 0 fully saturated rings. The third kappa shape index (κ3) is 3.34. The van der Waals surface area contributed by atoms with Crippen molar-refractivity contribution in [1.82, 2.24) is 10.1 Å². The summed E-state index contributed by atoms with van der Waals surface area (Å²) in [5.74, 6) is -0.411. The Hall–Kier alpha value is -2.37. The van der Waals surface area contributed by atoms with E-state index in [1.165, 1.54) is 6.07 Å². The fourth-order valence-corrected chi connectivity index (χ4v) is 1.51. The van der Waals surface area contributed by atoms with Crippen molar-refractivity contribution in [3.8, 4) is 6.08 Å². The van der Waals surface area contributed by atoms with E-state index < -0.39 is 5.97 Å². The molecule has 0 aliphatic heterocycles. The van der Waals surface area contributed by atoms with Crippen molar-refractivity contribution in [2.24, 2.45) is 0 Å². The van der Waals surface area contributed by atoms with Gasteiger partial charge in [-0.15, -0.1) is 0 Å². The van der Waals surface area contributed by atoms with Crippen LogP contribution in [0.5, 0.6) is 6.08 Å². The lowest BCUT2D eigenvalue weighted by Gasteiger charge is -2.10. The maximum atomic E-state index is 10.9. The summed E-state index contributed by atoms with van der Waals surface area (Å²) < 4.78 is 10.4. The zero-order valence-electron chi connectivity index (χ0n) is 11.6. The lowest BCUT2D eigenvalue weighted by atomic mass is 9.96. The van der Waals surface area contributed by atoms with E-state index in [0.29, 0.717) is 5.82 Å². The van der Waals surface area contributed by atoms with E-state index >= 15 is 0 Å². The van der Waals surface area contributed by atoms with Gasteiger partial charge < -0.3 is 9.84 Å². The lowest BCUT2D eigenvalue weighted by Crippen LogP contribution is -2.13. The average Bonchev–Trinajstić information content (AvgIpc) is 2.85. The molecule has 2 rings (SSSR count). The molecule has 1 N–H and O–H groups in total. The first-order chi connectivity index (χ1) is 9.36. The molecule has 6 heteroatoms. The molecule has 2 aromatic rings. The Bertz CT molecular complexity index is 614. The smallest absolute Gasteiger partial charge is 0.417 e. The summed E-state index contributed by atoms with van der Waals surface area (Å²) in [6.07, 6.45) is 0.0793. The van der Waals surface area contributed by atoms with Crippen molar-refractivity contribution in [2.75, 3.05) is 0 Å². The van der Waals surface area contributed by atoms with Crippen LogP contribution in [0.2, 0.25) is 0 Å². The molecule has 0 atom stereocenters. The van der Waals surface area contributed by atoms with Crippen molar-refractivity contribution < 1.29 is 19.2 Å². The summed E-state index contributed by atoms with van der Waals surface area (Å²) in [5, 5.41) is 12.7. The minimum Gasteiger partial charge on any atom is -0.478 e. The Morgan fingerprint density at radius 1 is 1.40 bits per heavy atom. The van der Waals surface area contributed by atoms with Gasteiger partial charge in [0.05, 0.1) is 5.56 Å². The van der Waals surface area contributed by atoms with Gasteiger partial charge in [-0.05, 0) is 17.7 Å². The van der Waals surface area contributed by atoms with Crippen LogP contribution in [0, 0.1) is 0 Å². The molecular weight excluding hydrogens is 260 g/mol. The van der Waals surface area contributed by atoms with E-state index in [4.69, 9.17) is 14.4 Å². The minimum atomic E-state index is -0.973. The standard InChI is InChI=1S/C14H16N2O4/c1-14(2,3)12-15-13(20-16-12)19-8-9-5-4-6-10(7-9)11(17)18/h4-7H,8H2,1-3H3,(H,17,18). The van der Waals surface area contributed by atoms with Gasteiger partial charge in [-0.3, -0.25) is 4.52 Å². The van der Waals surface area contributed by atoms with Gasteiger partial charge in [0, 0.05) is 5.41 Å². The predicted molar refractivity (Wildman–Crippen MR) is 70.7 cm³/mol. The number of aromatic nitrogens is 2. The summed E-state index contributed by atoms with van der Waals surface area (Å²) in [7, 11) is 0. The molecule has 1 heterocycles. The first-order valence-corrected chi connectivity index (χ1v) is 6.15. The van der Waals surface area contributed by atoms with E-state index in [-0.39, 0.29) is 23.7 Å². The molecule has 0 saturated carbocycles. The topological polar surface area (TPSA) is 85.5 Å². The highest BCUT2D eigenvalue weighted by atomic mass is 16.6. The largest absolute Gasteiger partial charge is 0.478 e. The third-order valence-electron chi connectivity index (χ3n) is 2.61. The number of nitrogens with zero attached hydrogens (tertiary/aromatic N) is 2. The molecule has 0 aliphatic carbocycles. The number of aromatic carboxylic acids is 1. The van der Waals surface area contributed by atoms with Gasteiger partial charge in [-0.25, -0.2) is 4.79 Å². The third-order valence-corrected chi connectivity index (χ3v) is 2.61. The van der Waals surface area contributed by atoms with Gasteiger partial charge >= 0.3 is 12.0 Å². The maximum Gasteiger partial charge on any atom is 0.417 e. The summed E-state index contributed by atoms with van der Waals surface area (Å²) in [6, 6.07) is 6.50.